The fourth-order valence-electron chi connectivity index (χ4n) is 2.32. The molecule has 3 rings (SSSR count). The van der Waals surface area contributed by atoms with Gasteiger partial charge >= 0.3 is 5.97 Å². The Labute approximate surface area is 129 Å². The fraction of sp³-hybridized carbons (Fsp3) is 0.188. The average molecular weight is 318 g/mol. The van der Waals surface area contributed by atoms with Gasteiger partial charge in [0.15, 0.2) is 11.5 Å². The number of hydrogen-bond donors (Lipinski definition) is 1. The molecule has 0 bridgehead atoms. The first kappa shape index (κ1) is 14.6. The molecule has 0 radical (unpaired) electrons. The number of fused-ring (bicyclic) bond motifs is 1. The Morgan fingerprint density at radius 2 is 1.77 bits per heavy atom. The van der Waals surface area contributed by atoms with Crippen LogP contribution in [-0.2, 0) is 10.8 Å². The van der Waals surface area contributed by atoms with Gasteiger partial charge in [0.1, 0.15) is 18.8 Å². The lowest BCUT2D eigenvalue weighted by Crippen LogP contribution is -2.18. The molecule has 1 aliphatic heterocycles. The van der Waals surface area contributed by atoms with E-state index in [1.165, 1.54) is 0 Å². The van der Waals surface area contributed by atoms with Crippen LogP contribution in [0.25, 0.3) is 11.1 Å². The highest BCUT2D eigenvalue weighted by Gasteiger charge is 2.22. The minimum atomic E-state index is -1.06. The molecular weight excluding hydrogens is 304 g/mol. The van der Waals surface area contributed by atoms with Crippen LogP contribution in [-0.4, -0.2) is 34.8 Å². The van der Waals surface area contributed by atoms with Gasteiger partial charge in [-0.3, -0.25) is 4.21 Å². The third kappa shape index (κ3) is 2.69. The van der Waals surface area contributed by atoms with E-state index < -0.39 is 16.8 Å². The van der Waals surface area contributed by atoms with Crippen molar-refractivity contribution in [2.75, 3.05) is 19.5 Å². The van der Waals surface area contributed by atoms with Crippen molar-refractivity contribution < 1.29 is 23.6 Å². The second kappa shape index (κ2) is 5.81. The van der Waals surface area contributed by atoms with E-state index in [9.17, 15) is 14.1 Å². The summed E-state index contributed by atoms with van der Waals surface area (Å²) in [5.41, 5.74) is 1.62. The van der Waals surface area contributed by atoms with Gasteiger partial charge in [0, 0.05) is 22.0 Å². The van der Waals surface area contributed by atoms with Crippen molar-refractivity contribution in [2.45, 2.75) is 4.90 Å². The summed E-state index contributed by atoms with van der Waals surface area (Å²) < 4.78 is 22.3. The topological polar surface area (TPSA) is 72.8 Å². The molecule has 1 unspecified atom stereocenters. The minimum absolute atomic E-state index is 0.0790. The maximum Gasteiger partial charge on any atom is 0.339 e. The third-order valence-electron chi connectivity index (χ3n) is 3.39. The second-order valence-corrected chi connectivity index (χ2v) is 6.21. The van der Waals surface area contributed by atoms with E-state index in [1.54, 1.807) is 30.5 Å². The number of aromatic carboxylic acids is 1. The lowest BCUT2D eigenvalue weighted by molar-refractivity contribution is 0.0686. The van der Waals surface area contributed by atoms with Crippen LogP contribution in [0.1, 0.15) is 10.4 Å². The van der Waals surface area contributed by atoms with Crippen molar-refractivity contribution in [3.05, 3.63) is 42.0 Å². The molecule has 0 aromatic heterocycles. The summed E-state index contributed by atoms with van der Waals surface area (Å²) in [5.74, 6) is -0.354. The van der Waals surface area contributed by atoms with Crippen LogP contribution >= 0.6 is 0 Å². The largest absolute Gasteiger partial charge is 0.486 e. The quantitative estimate of drug-likeness (QED) is 0.941. The number of carboxylic acids is 1. The number of carbonyl (C=O) groups is 1. The summed E-state index contributed by atoms with van der Waals surface area (Å²) in [6.45, 7) is 0.729. The smallest absolute Gasteiger partial charge is 0.339 e. The molecule has 2 aromatic rings. The molecule has 0 spiro atoms. The van der Waals surface area contributed by atoms with Crippen molar-refractivity contribution >= 4 is 16.8 Å². The van der Waals surface area contributed by atoms with E-state index in [4.69, 9.17) is 9.47 Å². The van der Waals surface area contributed by atoms with Crippen LogP contribution in [0.5, 0.6) is 11.5 Å². The number of carboxylic acid groups (broad SMARTS) is 1. The molecule has 1 heterocycles. The van der Waals surface area contributed by atoms with Gasteiger partial charge in [0.2, 0.25) is 0 Å². The molecule has 1 aliphatic rings. The Morgan fingerprint density at radius 3 is 2.41 bits per heavy atom. The predicted molar refractivity (Wildman–Crippen MR) is 82.2 cm³/mol. The molecule has 22 heavy (non-hydrogen) atoms. The molecule has 0 amide bonds. The van der Waals surface area contributed by atoms with E-state index in [0.29, 0.717) is 19.0 Å². The zero-order valence-electron chi connectivity index (χ0n) is 11.9. The van der Waals surface area contributed by atoms with Crippen molar-refractivity contribution in [1.82, 2.24) is 0 Å². The Morgan fingerprint density at radius 1 is 1.09 bits per heavy atom. The standard InChI is InChI=1S/C16H14O5S/c1-22(19)12-4-2-10(3-5-12)11-8-13(16(17)18)15-14(9-11)20-6-7-21-15/h2-5,8-9H,6-7H2,1H3,(H,17,18). The number of benzene rings is 2. The van der Waals surface area contributed by atoms with E-state index in [2.05, 4.69) is 0 Å². The SMILES string of the molecule is CS(=O)c1ccc(-c2cc3c(c(C(=O)O)c2)OCCO3)cc1. The second-order valence-electron chi connectivity index (χ2n) is 4.83. The van der Waals surface area contributed by atoms with Crippen LogP contribution in [0.2, 0.25) is 0 Å². The zero-order chi connectivity index (χ0) is 15.7. The maximum absolute atomic E-state index is 11.4. The van der Waals surface area contributed by atoms with Crippen LogP contribution in [0.3, 0.4) is 0 Å². The summed E-state index contributed by atoms with van der Waals surface area (Å²) in [7, 11) is -1.05. The Hall–Kier alpha value is -2.34. The summed E-state index contributed by atoms with van der Waals surface area (Å²) >= 11 is 0. The summed E-state index contributed by atoms with van der Waals surface area (Å²) in [6, 6.07) is 10.5. The van der Waals surface area contributed by atoms with Gasteiger partial charge in [-0.2, -0.15) is 0 Å². The van der Waals surface area contributed by atoms with Gasteiger partial charge in [-0.15, -0.1) is 0 Å². The molecule has 0 aliphatic carbocycles. The van der Waals surface area contributed by atoms with Gasteiger partial charge in [-0.1, -0.05) is 12.1 Å². The molecule has 1 atom stereocenters. The molecule has 5 nitrogen and oxygen atoms in total. The van der Waals surface area contributed by atoms with Gasteiger partial charge in [-0.25, -0.2) is 4.79 Å². The van der Waals surface area contributed by atoms with Gasteiger partial charge < -0.3 is 14.6 Å². The number of hydrogen-bond acceptors (Lipinski definition) is 4. The van der Waals surface area contributed by atoms with E-state index in [0.717, 1.165) is 16.0 Å². The summed E-state index contributed by atoms with van der Waals surface area (Å²) in [4.78, 5) is 12.1. The first-order valence-electron chi connectivity index (χ1n) is 6.67. The lowest BCUT2D eigenvalue weighted by atomic mass is 10.0. The van der Waals surface area contributed by atoms with Crippen molar-refractivity contribution in [1.29, 1.82) is 0 Å². The number of ether oxygens (including phenoxy) is 2. The van der Waals surface area contributed by atoms with Crippen LogP contribution in [0.4, 0.5) is 0 Å². The molecular formula is C16H14O5S. The van der Waals surface area contributed by atoms with Crippen LogP contribution in [0.15, 0.2) is 41.3 Å². The fourth-order valence-corrected chi connectivity index (χ4v) is 2.84. The monoisotopic (exact) mass is 318 g/mol. The van der Waals surface area contributed by atoms with E-state index >= 15 is 0 Å². The normalized spacial score (nSPS) is 14.4. The summed E-state index contributed by atoms with van der Waals surface area (Å²) in [6.07, 6.45) is 1.61. The molecule has 6 heteroatoms. The first-order valence-corrected chi connectivity index (χ1v) is 8.23. The minimum Gasteiger partial charge on any atom is -0.486 e. The summed E-state index contributed by atoms with van der Waals surface area (Å²) in [5, 5.41) is 9.35. The van der Waals surface area contributed by atoms with Gasteiger partial charge in [0.25, 0.3) is 0 Å². The van der Waals surface area contributed by atoms with Crippen molar-refractivity contribution in [3.63, 3.8) is 0 Å². The molecule has 0 fully saturated rings. The zero-order valence-corrected chi connectivity index (χ0v) is 12.7. The third-order valence-corrected chi connectivity index (χ3v) is 4.33. The average Bonchev–Trinajstić information content (AvgIpc) is 2.53. The van der Waals surface area contributed by atoms with E-state index in [-0.39, 0.29) is 11.3 Å². The van der Waals surface area contributed by atoms with E-state index in [1.807, 2.05) is 12.1 Å². The Balaban J connectivity index is 2.09. The van der Waals surface area contributed by atoms with Crippen LogP contribution < -0.4 is 9.47 Å². The highest BCUT2D eigenvalue weighted by molar-refractivity contribution is 7.84. The maximum atomic E-state index is 11.4. The highest BCUT2D eigenvalue weighted by Crippen LogP contribution is 2.38. The van der Waals surface area contributed by atoms with Crippen molar-refractivity contribution in [3.8, 4) is 22.6 Å². The lowest BCUT2D eigenvalue weighted by Gasteiger charge is -2.21. The highest BCUT2D eigenvalue weighted by atomic mass is 32.2. The predicted octanol–water partition coefficient (Wildman–Crippen LogP) is 2.56. The number of rotatable bonds is 3. The van der Waals surface area contributed by atoms with Gasteiger partial charge in [-0.05, 0) is 35.4 Å². The molecule has 114 valence electrons. The Kier molecular flexibility index (Phi) is 3.85. The molecule has 0 saturated carbocycles. The molecule has 1 N–H and O–H groups in total. The van der Waals surface area contributed by atoms with Crippen molar-refractivity contribution in [2.24, 2.45) is 0 Å². The van der Waals surface area contributed by atoms with Crippen LogP contribution in [0, 0.1) is 0 Å². The molecule has 0 saturated heterocycles. The van der Waals surface area contributed by atoms with Gasteiger partial charge in [0.05, 0.1) is 0 Å². The Bertz CT molecular complexity index is 752. The first-order chi connectivity index (χ1) is 10.6. The molecule has 2 aromatic carbocycles.